The van der Waals surface area contributed by atoms with E-state index in [1.54, 1.807) is 13.8 Å². The summed E-state index contributed by atoms with van der Waals surface area (Å²) in [5.74, 6) is -5.86. The van der Waals surface area contributed by atoms with Gasteiger partial charge in [0.1, 0.15) is 0 Å². The summed E-state index contributed by atoms with van der Waals surface area (Å²) in [6.45, 7) is 3.08. The molecule has 6 heteroatoms. The number of benzene rings is 1. The van der Waals surface area contributed by atoms with Crippen molar-refractivity contribution in [3.8, 4) is 17.2 Å². The van der Waals surface area contributed by atoms with Gasteiger partial charge in [-0.3, -0.25) is 4.79 Å². The van der Waals surface area contributed by atoms with Gasteiger partial charge in [-0.1, -0.05) is 0 Å². The average Bonchev–Trinajstić information content (AvgIpc) is 2.22. The molecule has 0 aromatic heterocycles. The predicted molar refractivity (Wildman–Crippen MR) is 50.8 cm³/mol. The zero-order chi connectivity index (χ0) is 12.5. The molecule has 0 bridgehead atoms. The summed E-state index contributed by atoms with van der Waals surface area (Å²) < 4.78 is 31.4. The van der Waals surface area contributed by atoms with E-state index in [-0.39, 0.29) is 6.29 Å². The second-order valence-electron chi connectivity index (χ2n) is 3.35. The first-order valence-corrected chi connectivity index (χ1v) is 4.44. The van der Waals surface area contributed by atoms with Gasteiger partial charge in [0, 0.05) is 0 Å². The van der Waals surface area contributed by atoms with Crippen LogP contribution >= 0.6 is 0 Å². The summed E-state index contributed by atoms with van der Waals surface area (Å²) in [5, 5.41) is 18.4. The van der Waals surface area contributed by atoms with Gasteiger partial charge in [0.2, 0.25) is 11.5 Å². The molecule has 1 aromatic rings. The normalized spacial score (nSPS) is 10.6. The molecule has 0 amide bonds. The number of hydrogen-bond acceptors (Lipinski definition) is 4. The maximum absolute atomic E-state index is 13.5. The Morgan fingerprint density at radius 3 is 2.19 bits per heavy atom. The van der Waals surface area contributed by atoms with Crippen molar-refractivity contribution in [1.29, 1.82) is 0 Å². The number of aldehydes is 1. The lowest BCUT2D eigenvalue weighted by molar-refractivity contribution is 0.111. The Kier molecular flexibility index (Phi) is 3.31. The Balaban J connectivity index is 3.48. The number of carbonyl (C=O) groups is 1. The average molecular weight is 232 g/mol. The second-order valence-corrected chi connectivity index (χ2v) is 3.35. The van der Waals surface area contributed by atoms with Gasteiger partial charge in [-0.25, -0.2) is 8.78 Å². The van der Waals surface area contributed by atoms with Crippen molar-refractivity contribution >= 4 is 6.29 Å². The van der Waals surface area contributed by atoms with E-state index in [1.165, 1.54) is 0 Å². The maximum atomic E-state index is 13.5. The molecule has 0 aliphatic heterocycles. The topological polar surface area (TPSA) is 66.8 Å². The molecule has 0 saturated heterocycles. The number of carbonyl (C=O) groups excluding carboxylic acids is 1. The van der Waals surface area contributed by atoms with Gasteiger partial charge in [-0.15, -0.1) is 0 Å². The molecule has 0 saturated carbocycles. The van der Waals surface area contributed by atoms with Crippen LogP contribution in [-0.4, -0.2) is 22.6 Å². The second kappa shape index (κ2) is 4.34. The van der Waals surface area contributed by atoms with Gasteiger partial charge in [-0.05, 0) is 13.8 Å². The van der Waals surface area contributed by atoms with Crippen LogP contribution in [0, 0.1) is 11.6 Å². The van der Waals surface area contributed by atoms with Crippen molar-refractivity contribution < 1.29 is 28.5 Å². The fraction of sp³-hybridized carbons (Fsp3) is 0.300. The van der Waals surface area contributed by atoms with Gasteiger partial charge in [0.25, 0.3) is 0 Å². The summed E-state index contributed by atoms with van der Waals surface area (Å²) in [5.41, 5.74) is -0.981. The monoisotopic (exact) mass is 232 g/mol. The lowest BCUT2D eigenvalue weighted by Gasteiger charge is -2.14. The van der Waals surface area contributed by atoms with Crippen LogP contribution in [0.4, 0.5) is 8.78 Å². The minimum atomic E-state index is -1.51. The number of aromatic hydroxyl groups is 2. The third kappa shape index (κ3) is 1.91. The highest BCUT2D eigenvalue weighted by Crippen LogP contribution is 2.41. The minimum absolute atomic E-state index is 0.100. The quantitative estimate of drug-likeness (QED) is 0.617. The van der Waals surface area contributed by atoms with Crippen LogP contribution in [0.3, 0.4) is 0 Å². The molecule has 16 heavy (non-hydrogen) atoms. The van der Waals surface area contributed by atoms with E-state index in [0.29, 0.717) is 0 Å². The van der Waals surface area contributed by atoms with Crippen molar-refractivity contribution in [2.45, 2.75) is 20.0 Å². The molecular formula is C10H10F2O4. The van der Waals surface area contributed by atoms with E-state index in [1.807, 2.05) is 0 Å². The number of phenols is 2. The van der Waals surface area contributed by atoms with E-state index in [0.717, 1.165) is 0 Å². The van der Waals surface area contributed by atoms with E-state index in [9.17, 15) is 18.7 Å². The van der Waals surface area contributed by atoms with Crippen LogP contribution in [0.1, 0.15) is 24.2 Å². The molecule has 88 valence electrons. The Labute approximate surface area is 90.1 Å². The van der Waals surface area contributed by atoms with Crippen molar-refractivity contribution in [3.05, 3.63) is 17.2 Å². The number of ether oxygens (including phenoxy) is 1. The van der Waals surface area contributed by atoms with Gasteiger partial charge >= 0.3 is 0 Å². The lowest BCUT2D eigenvalue weighted by Crippen LogP contribution is -2.09. The fourth-order valence-corrected chi connectivity index (χ4v) is 1.11. The third-order valence-electron chi connectivity index (χ3n) is 1.79. The van der Waals surface area contributed by atoms with E-state index in [2.05, 4.69) is 0 Å². The van der Waals surface area contributed by atoms with Crippen LogP contribution in [0.5, 0.6) is 17.2 Å². The van der Waals surface area contributed by atoms with Gasteiger partial charge < -0.3 is 14.9 Å². The first-order valence-electron chi connectivity index (χ1n) is 4.44. The van der Waals surface area contributed by atoms with Crippen molar-refractivity contribution in [3.63, 3.8) is 0 Å². The highest BCUT2D eigenvalue weighted by molar-refractivity contribution is 5.79. The highest BCUT2D eigenvalue weighted by Gasteiger charge is 2.25. The highest BCUT2D eigenvalue weighted by atomic mass is 19.1. The van der Waals surface area contributed by atoms with Crippen LogP contribution in [0.25, 0.3) is 0 Å². The number of halogens is 2. The van der Waals surface area contributed by atoms with Gasteiger partial charge in [-0.2, -0.15) is 0 Å². The summed E-state index contributed by atoms with van der Waals surface area (Å²) >= 11 is 0. The first kappa shape index (κ1) is 12.2. The minimum Gasteiger partial charge on any atom is -0.502 e. The predicted octanol–water partition coefficient (Wildman–Crippen LogP) is 1.98. The van der Waals surface area contributed by atoms with Crippen LogP contribution in [0.2, 0.25) is 0 Å². The smallest absolute Gasteiger partial charge is 0.206 e. The van der Waals surface area contributed by atoms with E-state index in [4.69, 9.17) is 9.84 Å². The largest absolute Gasteiger partial charge is 0.502 e. The van der Waals surface area contributed by atoms with Gasteiger partial charge in [0.05, 0.1) is 11.7 Å². The Morgan fingerprint density at radius 2 is 1.75 bits per heavy atom. The van der Waals surface area contributed by atoms with Crippen LogP contribution in [-0.2, 0) is 0 Å². The molecular weight excluding hydrogens is 222 g/mol. The standard InChI is InChI=1S/C10H10F2O4/c1-4(2)16-10-7(12)5(3-13)6(11)8(14)9(10)15/h3-4,14-15H,1-2H3. The molecule has 0 heterocycles. The fourth-order valence-electron chi connectivity index (χ4n) is 1.11. The SMILES string of the molecule is CC(C)Oc1c(O)c(O)c(F)c(C=O)c1F. The Morgan fingerprint density at radius 1 is 1.19 bits per heavy atom. The number of rotatable bonds is 3. The molecule has 0 aliphatic rings. The van der Waals surface area contributed by atoms with Crippen molar-refractivity contribution in [2.24, 2.45) is 0 Å². The zero-order valence-electron chi connectivity index (χ0n) is 8.62. The summed E-state index contributed by atoms with van der Waals surface area (Å²) in [6.07, 6.45) is -0.610. The van der Waals surface area contributed by atoms with E-state index < -0.39 is 40.6 Å². The molecule has 0 radical (unpaired) electrons. The Bertz CT molecular complexity index is 430. The molecule has 4 nitrogen and oxygen atoms in total. The van der Waals surface area contributed by atoms with Crippen LogP contribution < -0.4 is 4.74 Å². The maximum Gasteiger partial charge on any atom is 0.206 e. The molecule has 0 spiro atoms. The number of hydrogen-bond donors (Lipinski definition) is 2. The molecule has 0 fully saturated rings. The van der Waals surface area contributed by atoms with Crippen LogP contribution in [0.15, 0.2) is 0 Å². The molecule has 1 aromatic carbocycles. The summed E-state index contributed by atoms with van der Waals surface area (Å²) in [6, 6.07) is 0. The Hall–Kier alpha value is -1.85. The van der Waals surface area contributed by atoms with E-state index >= 15 is 0 Å². The van der Waals surface area contributed by atoms with Crippen molar-refractivity contribution in [1.82, 2.24) is 0 Å². The molecule has 0 aliphatic carbocycles. The third-order valence-corrected chi connectivity index (χ3v) is 1.79. The molecule has 0 unspecified atom stereocenters. The molecule has 0 atom stereocenters. The van der Waals surface area contributed by atoms with Crippen molar-refractivity contribution in [2.75, 3.05) is 0 Å². The van der Waals surface area contributed by atoms with Gasteiger partial charge in [0.15, 0.2) is 23.7 Å². The first-order chi connectivity index (χ1) is 7.40. The molecule has 2 N–H and O–H groups in total. The zero-order valence-corrected chi connectivity index (χ0v) is 8.62. The summed E-state index contributed by atoms with van der Waals surface area (Å²) in [4.78, 5) is 10.4. The summed E-state index contributed by atoms with van der Waals surface area (Å²) in [7, 11) is 0. The number of phenolic OH excluding ortho intramolecular Hbond substituents is 2. The molecule has 1 rings (SSSR count). The lowest BCUT2D eigenvalue weighted by atomic mass is 10.1.